The van der Waals surface area contributed by atoms with Crippen molar-refractivity contribution < 1.29 is 4.74 Å². The lowest BCUT2D eigenvalue weighted by molar-refractivity contribution is 0.163. The molecule has 0 spiro atoms. The van der Waals surface area contributed by atoms with Gasteiger partial charge in [0.25, 0.3) is 0 Å². The summed E-state index contributed by atoms with van der Waals surface area (Å²) >= 11 is 0. The lowest BCUT2D eigenvalue weighted by Gasteiger charge is -2.33. The highest BCUT2D eigenvalue weighted by Crippen LogP contribution is 2.24. The minimum Gasteiger partial charge on any atom is -0.473 e. The SMILES string of the molecule is Cc1cncc(OC2CCN(c3ccnc(C(C)(C)C)n3)CC2)n1. The number of hydrogen-bond acceptors (Lipinski definition) is 6. The van der Waals surface area contributed by atoms with E-state index in [1.165, 1.54) is 0 Å². The molecule has 2 aromatic rings. The molecule has 0 atom stereocenters. The standard InChI is InChI=1S/C18H25N5O/c1-13-11-19-12-16(21-13)24-14-6-9-23(10-7-14)15-5-8-20-17(22-15)18(2,3)4/h5,8,11-12,14H,6-7,9-10H2,1-4H3. The van der Waals surface area contributed by atoms with Gasteiger partial charge < -0.3 is 9.64 Å². The maximum Gasteiger partial charge on any atom is 0.232 e. The van der Waals surface area contributed by atoms with Gasteiger partial charge in [0.2, 0.25) is 5.88 Å². The molecule has 0 aromatic carbocycles. The summed E-state index contributed by atoms with van der Waals surface area (Å²) in [7, 11) is 0. The summed E-state index contributed by atoms with van der Waals surface area (Å²) in [4.78, 5) is 19.9. The van der Waals surface area contributed by atoms with Crippen LogP contribution in [0.15, 0.2) is 24.7 Å². The largest absolute Gasteiger partial charge is 0.473 e. The molecule has 0 unspecified atom stereocenters. The van der Waals surface area contributed by atoms with Crippen molar-refractivity contribution >= 4 is 5.82 Å². The third-order valence-electron chi connectivity index (χ3n) is 4.10. The van der Waals surface area contributed by atoms with Gasteiger partial charge in [0.05, 0.1) is 11.9 Å². The molecule has 0 N–H and O–H groups in total. The van der Waals surface area contributed by atoms with Crippen LogP contribution in [0.2, 0.25) is 0 Å². The smallest absolute Gasteiger partial charge is 0.232 e. The second-order valence-corrected chi connectivity index (χ2v) is 7.29. The average molecular weight is 327 g/mol. The van der Waals surface area contributed by atoms with E-state index in [2.05, 4.69) is 40.6 Å². The molecule has 6 heteroatoms. The van der Waals surface area contributed by atoms with Crippen LogP contribution in [-0.4, -0.2) is 39.1 Å². The molecule has 1 saturated heterocycles. The van der Waals surface area contributed by atoms with E-state index in [0.29, 0.717) is 5.88 Å². The molecule has 128 valence electrons. The van der Waals surface area contributed by atoms with Gasteiger partial charge in [-0.15, -0.1) is 0 Å². The van der Waals surface area contributed by atoms with E-state index >= 15 is 0 Å². The van der Waals surface area contributed by atoms with Crippen molar-refractivity contribution in [3.63, 3.8) is 0 Å². The number of anilines is 1. The van der Waals surface area contributed by atoms with Crippen molar-refractivity contribution in [2.75, 3.05) is 18.0 Å². The average Bonchev–Trinajstić information content (AvgIpc) is 2.55. The fourth-order valence-corrected chi connectivity index (χ4v) is 2.76. The molecule has 1 fully saturated rings. The molecule has 3 heterocycles. The van der Waals surface area contributed by atoms with Crippen molar-refractivity contribution in [2.45, 2.75) is 52.1 Å². The molecule has 0 radical (unpaired) electrons. The first-order chi connectivity index (χ1) is 11.4. The van der Waals surface area contributed by atoms with E-state index in [-0.39, 0.29) is 11.5 Å². The third kappa shape index (κ3) is 3.99. The summed E-state index contributed by atoms with van der Waals surface area (Å²) in [5, 5.41) is 0. The molecule has 0 amide bonds. The zero-order valence-electron chi connectivity index (χ0n) is 14.9. The van der Waals surface area contributed by atoms with Crippen LogP contribution in [-0.2, 0) is 5.41 Å². The van der Waals surface area contributed by atoms with E-state index in [9.17, 15) is 0 Å². The number of nitrogens with zero attached hydrogens (tertiary/aromatic N) is 5. The maximum atomic E-state index is 5.97. The van der Waals surface area contributed by atoms with Crippen LogP contribution in [0.5, 0.6) is 5.88 Å². The molecule has 0 saturated carbocycles. The monoisotopic (exact) mass is 327 g/mol. The lowest BCUT2D eigenvalue weighted by atomic mass is 9.96. The highest BCUT2D eigenvalue weighted by molar-refractivity contribution is 5.38. The fourth-order valence-electron chi connectivity index (χ4n) is 2.76. The third-order valence-corrected chi connectivity index (χ3v) is 4.10. The predicted molar refractivity (Wildman–Crippen MR) is 93.4 cm³/mol. The lowest BCUT2D eigenvalue weighted by Crippen LogP contribution is -2.39. The first kappa shape index (κ1) is 16.6. The summed E-state index contributed by atoms with van der Waals surface area (Å²) in [6, 6.07) is 1.99. The van der Waals surface area contributed by atoms with Gasteiger partial charge >= 0.3 is 0 Å². The van der Waals surface area contributed by atoms with Crippen molar-refractivity contribution in [3.05, 3.63) is 36.2 Å². The fraction of sp³-hybridized carbons (Fsp3) is 0.556. The van der Waals surface area contributed by atoms with Crippen molar-refractivity contribution in [1.29, 1.82) is 0 Å². The number of piperidine rings is 1. The summed E-state index contributed by atoms with van der Waals surface area (Å²) < 4.78 is 5.97. The molecule has 3 rings (SSSR count). The Labute approximate surface area is 143 Å². The number of ether oxygens (including phenoxy) is 1. The molecule has 6 nitrogen and oxygen atoms in total. The first-order valence-electron chi connectivity index (χ1n) is 8.45. The zero-order chi connectivity index (χ0) is 17.2. The molecule has 0 aliphatic carbocycles. The highest BCUT2D eigenvalue weighted by atomic mass is 16.5. The Bertz CT molecular complexity index is 690. The van der Waals surface area contributed by atoms with Crippen LogP contribution in [0.25, 0.3) is 0 Å². The summed E-state index contributed by atoms with van der Waals surface area (Å²) in [6.45, 7) is 10.2. The molecule has 0 bridgehead atoms. The Hall–Kier alpha value is -2.24. The summed E-state index contributed by atoms with van der Waals surface area (Å²) in [6.07, 6.45) is 7.35. The Morgan fingerprint density at radius 1 is 1.12 bits per heavy atom. The van der Waals surface area contributed by atoms with Crippen molar-refractivity contribution in [3.8, 4) is 5.88 Å². The minimum atomic E-state index is -0.0404. The van der Waals surface area contributed by atoms with Gasteiger partial charge in [-0.3, -0.25) is 4.98 Å². The molecule has 1 aliphatic heterocycles. The van der Waals surface area contributed by atoms with Gasteiger partial charge in [-0.1, -0.05) is 20.8 Å². The Kier molecular flexibility index (Phi) is 4.64. The molecular weight excluding hydrogens is 302 g/mol. The number of rotatable bonds is 3. The second-order valence-electron chi connectivity index (χ2n) is 7.29. The van der Waals surface area contributed by atoms with Gasteiger partial charge in [0.15, 0.2) is 0 Å². The molecule has 2 aromatic heterocycles. The van der Waals surface area contributed by atoms with E-state index in [1.54, 1.807) is 12.4 Å². The number of aryl methyl sites for hydroxylation is 1. The van der Waals surface area contributed by atoms with Crippen LogP contribution in [0.1, 0.15) is 45.1 Å². The summed E-state index contributed by atoms with van der Waals surface area (Å²) in [5.74, 6) is 2.50. The Morgan fingerprint density at radius 3 is 2.54 bits per heavy atom. The Balaban J connectivity index is 1.61. The minimum absolute atomic E-state index is 0.0404. The summed E-state index contributed by atoms with van der Waals surface area (Å²) in [5.41, 5.74) is 0.835. The number of hydrogen-bond donors (Lipinski definition) is 0. The van der Waals surface area contributed by atoms with Crippen molar-refractivity contribution in [2.24, 2.45) is 0 Å². The molecule has 24 heavy (non-hydrogen) atoms. The predicted octanol–water partition coefficient (Wildman–Crippen LogP) is 2.92. The second kappa shape index (κ2) is 6.71. The van der Waals surface area contributed by atoms with Crippen LogP contribution < -0.4 is 9.64 Å². The normalized spacial score (nSPS) is 16.2. The van der Waals surface area contributed by atoms with E-state index in [4.69, 9.17) is 9.72 Å². The van der Waals surface area contributed by atoms with Crippen LogP contribution in [0.4, 0.5) is 5.82 Å². The first-order valence-corrected chi connectivity index (χ1v) is 8.45. The van der Waals surface area contributed by atoms with Crippen LogP contribution in [0, 0.1) is 6.92 Å². The van der Waals surface area contributed by atoms with Gasteiger partial charge in [0, 0.05) is 43.7 Å². The highest BCUT2D eigenvalue weighted by Gasteiger charge is 2.24. The van der Waals surface area contributed by atoms with E-state index in [1.807, 2.05) is 19.2 Å². The van der Waals surface area contributed by atoms with Crippen LogP contribution in [0.3, 0.4) is 0 Å². The zero-order valence-corrected chi connectivity index (χ0v) is 14.9. The van der Waals surface area contributed by atoms with Crippen LogP contribution >= 0.6 is 0 Å². The topological polar surface area (TPSA) is 64.0 Å². The van der Waals surface area contributed by atoms with E-state index in [0.717, 1.165) is 43.3 Å². The molecular formula is C18H25N5O. The van der Waals surface area contributed by atoms with Gasteiger partial charge in [-0.05, 0) is 13.0 Å². The van der Waals surface area contributed by atoms with Gasteiger partial charge in [0.1, 0.15) is 17.7 Å². The van der Waals surface area contributed by atoms with E-state index < -0.39 is 0 Å². The maximum absolute atomic E-state index is 5.97. The Morgan fingerprint density at radius 2 is 1.88 bits per heavy atom. The van der Waals surface area contributed by atoms with Crippen molar-refractivity contribution in [1.82, 2.24) is 19.9 Å². The van der Waals surface area contributed by atoms with Gasteiger partial charge in [-0.25, -0.2) is 15.0 Å². The number of aromatic nitrogens is 4. The quantitative estimate of drug-likeness (QED) is 0.864. The molecule has 1 aliphatic rings. The van der Waals surface area contributed by atoms with Gasteiger partial charge in [-0.2, -0.15) is 0 Å².